The van der Waals surface area contributed by atoms with E-state index >= 15 is 0 Å². The van der Waals surface area contributed by atoms with Gasteiger partial charge in [0.25, 0.3) is 0 Å². The van der Waals surface area contributed by atoms with Crippen LogP contribution in [0, 0.1) is 5.92 Å². The highest BCUT2D eigenvalue weighted by Crippen LogP contribution is 2.34. The Morgan fingerprint density at radius 3 is 2.68 bits per heavy atom. The van der Waals surface area contributed by atoms with Crippen molar-refractivity contribution in [1.82, 2.24) is 5.32 Å². The van der Waals surface area contributed by atoms with Crippen molar-refractivity contribution in [1.29, 1.82) is 0 Å². The molecular weight excluding hydrogens is 254 g/mol. The van der Waals surface area contributed by atoms with Gasteiger partial charge in [0.15, 0.2) is 0 Å². The largest absolute Gasteiger partial charge is 0.494 e. The molecule has 1 aliphatic rings. The van der Waals surface area contributed by atoms with Crippen LogP contribution in [0.4, 0.5) is 0 Å². The second kappa shape index (κ2) is 7.81. The van der Waals surface area contributed by atoms with Crippen molar-refractivity contribution in [2.24, 2.45) is 5.92 Å². The molecule has 1 fully saturated rings. The number of hydrogen-bond acceptors (Lipinski definition) is 3. The molecule has 2 atom stereocenters. The summed E-state index contributed by atoms with van der Waals surface area (Å²) < 4.78 is 5.65. The van der Waals surface area contributed by atoms with Crippen molar-refractivity contribution in [2.45, 2.75) is 32.7 Å². The first-order valence-electron chi connectivity index (χ1n) is 7.39. The zero-order valence-electron chi connectivity index (χ0n) is 12.0. The SMILES string of the molecule is CCCOc1ccc(C(NCC)C2CCSC2)cc1. The highest BCUT2D eigenvalue weighted by molar-refractivity contribution is 7.99. The number of hydrogen-bond donors (Lipinski definition) is 1. The monoisotopic (exact) mass is 279 g/mol. The van der Waals surface area contributed by atoms with E-state index in [1.807, 2.05) is 0 Å². The van der Waals surface area contributed by atoms with E-state index in [1.54, 1.807) is 0 Å². The topological polar surface area (TPSA) is 21.3 Å². The number of thioether (sulfide) groups is 1. The third-order valence-corrected chi connectivity index (χ3v) is 4.76. The van der Waals surface area contributed by atoms with Gasteiger partial charge in [0.2, 0.25) is 0 Å². The summed E-state index contributed by atoms with van der Waals surface area (Å²) in [7, 11) is 0. The molecule has 19 heavy (non-hydrogen) atoms. The van der Waals surface area contributed by atoms with Crippen LogP contribution in [0.25, 0.3) is 0 Å². The molecule has 1 aliphatic heterocycles. The molecule has 1 saturated heterocycles. The summed E-state index contributed by atoms with van der Waals surface area (Å²) in [5.74, 6) is 4.35. The Labute approximate surface area is 121 Å². The first kappa shape index (κ1) is 14.7. The summed E-state index contributed by atoms with van der Waals surface area (Å²) in [5, 5.41) is 3.65. The molecule has 1 aromatic rings. The lowest BCUT2D eigenvalue weighted by Gasteiger charge is -2.24. The zero-order valence-corrected chi connectivity index (χ0v) is 12.8. The van der Waals surface area contributed by atoms with Gasteiger partial charge < -0.3 is 10.1 Å². The lowest BCUT2D eigenvalue weighted by molar-refractivity contribution is 0.317. The second-order valence-corrected chi connectivity index (χ2v) is 6.23. The first-order valence-corrected chi connectivity index (χ1v) is 8.54. The Hall–Kier alpha value is -0.670. The van der Waals surface area contributed by atoms with Crippen LogP contribution in [0.1, 0.15) is 38.3 Å². The van der Waals surface area contributed by atoms with Crippen LogP contribution in [-0.2, 0) is 0 Å². The van der Waals surface area contributed by atoms with Gasteiger partial charge in [-0.1, -0.05) is 26.0 Å². The van der Waals surface area contributed by atoms with Crippen LogP contribution < -0.4 is 10.1 Å². The minimum atomic E-state index is 0.500. The number of rotatable bonds is 7. The maximum atomic E-state index is 5.65. The second-order valence-electron chi connectivity index (χ2n) is 5.08. The predicted octanol–water partition coefficient (Wildman–Crippen LogP) is 3.88. The van der Waals surface area contributed by atoms with Crippen molar-refractivity contribution < 1.29 is 4.74 Å². The van der Waals surface area contributed by atoms with E-state index < -0.39 is 0 Å². The van der Waals surface area contributed by atoms with E-state index in [-0.39, 0.29) is 0 Å². The highest BCUT2D eigenvalue weighted by Gasteiger charge is 2.25. The zero-order chi connectivity index (χ0) is 13.5. The molecule has 0 aliphatic carbocycles. The van der Waals surface area contributed by atoms with E-state index in [1.165, 1.54) is 23.5 Å². The van der Waals surface area contributed by atoms with Crippen LogP contribution >= 0.6 is 11.8 Å². The van der Waals surface area contributed by atoms with Crippen LogP contribution in [0.5, 0.6) is 5.75 Å². The van der Waals surface area contributed by atoms with Gasteiger partial charge in [0, 0.05) is 6.04 Å². The molecule has 106 valence electrons. The Morgan fingerprint density at radius 1 is 1.32 bits per heavy atom. The Kier molecular flexibility index (Phi) is 6.05. The minimum Gasteiger partial charge on any atom is -0.494 e. The normalized spacial score (nSPS) is 20.4. The molecule has 0 amide bonds. The summed E-state index contributed by atoms with van der Waals surface area (Å²) in [6.07, 6.45) is 2.39. The van der Waals surface area contributed by atoms with Crippen LogP contribution in [-0.4, -0.2) is 24.7 Å². The number of nitrogens with one attached hydrogen (secondary N) is 1. The summed E-state index contributed by atoms with van der Waals surface area (Å²) in [5.41, 5.74) is 1.40. The van der Waals surface area contributed by atoms with E-state index in [0.29, 0.717) is 6.04 Å². The molecule has 1 N–H and O–H groups in total. The molecule has 3 heteroatoms. The summed E-state index contributed by atoms with van der Waals surface area (Å²) in [6.45, 7) is 6.15. The molecule has 0 saturated carbocycles. The lowest BCUT2D eigenvalue weighted by Crippen LogP contribution is -2.28. The van der Waals surface area contributed by atoms with E-state index in [9.17, 15) is 0 Å². The summed E-state index contributed by atoms with van der Waals surface area (Å²) in [4.78, 5) is 0. The van der Waals surface area contributed by atoms with Crippen molar-refractivity contribution in [3.8, 4) is 5.75 Å². The Bertz CT molecular complexity index is 360. The molecular formula is C16H25NOS. The van der Waals surface area contributed by atoms with Gasteiger partial charge in [-0.25, -0.2) is 0 Å². The number of ether oxygens (including phenoxy) is 1. The lowest BCUT2D eigenvalue weighted by atomic mass is 9.92. The molecule has 0 aromatic heterocycles. The van der Waals surface area contributed by atoms with Crippen molar-refractivity contribution in [3.63, 3.8) is 0 Å². The molecule has 0 bridgehead atoms. The van der Waals surface area contributed by atoms with E-state index in [2.05, 4.69) is 55.2 Å². The molecule has 1 heterocycles. The molecule has 2 unspecified atom stereocenters. The maximum Gasteiger partial charge on any atom is 0.119 e. The molecule has 2 rings (SSSR count). The summed E-state index contributed by atoms with van der Waals surface area (Å²) >= 11 is 2.08. The maximum absolute atomic E-state index is 5.65. The fourth-order valence-corrected chi connectivity index (χ4v) is 3.88. The standard InChI is InChI=1S/C16H25NOS/c1-3-10-18-15-7-5-13(6-8-15)16(17-4-2)14-9-11-19-12-14/h5-8,14,16-17H,3-4,9-12H2,1-2H3. The van der Waals surface area contributed by atoms with Gasteiger partial charge in [0.1, 0.15) is 5.75 Å². The minimum absolute atomic E-state index is 0.500. The van der Waals surface area contributed by atoms with Crippen LogP contribution in [0.15, 0.2) is 24.3 Å². The van der Waals surface area contributed by atoms with Gasteiger partial charge in [-0.3, -0.25) is 0 Å². The Balaban J connectivity index is 2.03. The first-order chi connectivity index (χ1) is 9.35. The third-order valence-electron chi connectivity index (χ3n) is 3.57. The molecule has 0 spiro atoms. The van der Waals surface area contributed by atoms with E-state index in [4.69, 9.17) is 4.74 Å². The highest BCUT2D eigenvalue weighted by atomic mass is 32.2. The fraction of sp³-hybridized carbons (Fsp3) is 0.625. The fourth-order valence-electron chi connectivity index (χ4n) is 2.58. The average Bonchev–Trinajstić information content (AvgIpc) is 2.97. The number of benzene rings is 1. The van der Waals surface area contributed by atoms with Crippen molar-refractivity contribution >= 4 is 11.8 Å². The average molecular weight is 279 g/mol. The molecule has 2 nitrogen and oxygen atoms in total. The third kappa shape index (κ3) is 4.15. The van der Waals surface area contributed by atoms with Gasteiger partial charge in [-0.05, 0) is 54.5 Å². The molecule has 1 aromatic carbocycles. The van der Waals surface area contributed by atoms with Gasteiger partial charge in [-0.15, -0.1) is 0 Å². The van der Waals surface area contributed by atoms with Crippen LogP contribution in [0.2, 0.25) is 0 Å². The molecule has 0 radical (unpaired) electrons. The Morgan fingerprint density at radius 2 is 2.11 bits per heavy atom. The van der Waals surface area contributed by atoms with Crippen molar-refractivity contribution in [2.75, 3.05) is 24.7 Å². The van der Waals surface area contributed by atoms with Crippen molar-refractivity contribution in [3.05, 3.63) is 29.8 Å². The van der Waals surface area contributed by atoms with Gasteiger partial charge in [0.05, 0.1) is 6.61 Å². The van der Waals surface area contributed by atoms with E-state index in [0.717, 1.165) is 31.2 Å². The summed E-state index contributed by atoms with van der Waals surface area (Å²) in [6, 6.07) is 9.16. The predicted molar refractivity (Wildman–Crippen MR) is 84.1 cm³/mol. The smallest absolute Gasteiger partial charge is 0.119 e. The quantitative estimate of drug-likeness (QED) is 0.818. The van der Waals surface area contributed by atoms with Gasteiger partial charge >= 0.3 is 0 Å². The van der Waals surface area contributed by atoms with Crippen LogP contribution in [0.3, 0.4) is 0 Å². The van der Waals surface area contributed by atoms with Gasteiger partial charge in [-0.2, -0.15) is 11.8 Å².